The third-order valence-corrected chi connectivity index (χ3v) is 4.01. The minimum atomic E-state index is -0.203. The van der Waals surface area contributed by atoms with Crippen LogP contribution in [0.2, 0.25) is 0 Å². The number of amides is 2. The lowest BCUT2D eigenvalue weighted by molar-refractivity contribution is -0.119. The minimum Gasteiger partial charge on any atom is -0.497 e. The molecular formula is C17H22ClN5O3. The van der Waals surface area contributed by atoms with Gasteiger partial charge in [-0.3, -0.25) is 14.3 Å². The van der Waals surface area contributed by atoms with E-state index in [-0.39, 0.29) is 36.7 Å². The smallest absolute Gasteiger partial charge is 0.246 e. The van der Waals surface area contributed by atoms with E-state index in [0.29, 0.717) is 17.9 Å². The second kappa shape index (κ2) is 9.21. The number of benzene rings is 1. The van der Waals surface area contributed by atoms with Crippen LogP contribution in [0.15, 0.2) is 36.7 Å². The lowest BCUT2D eigenvalue weighted by Gasteiger charge is -2.08. The molecule has 0 aliphatic carbocycles. The Bertz CT molecular complexity index is 741. The molecule has 3 N–H and O–H groups in total. The summed E-state index contributed by atoms with van der Waals surface area (Å²) in [4.78, 5) is 24.1. The van der Waals surface area contributed by atoms with Crippen LogP contribution in [0.25, 0.3) is 0 Å². The van der Waals surface area contributed by atoms with Crippen molar-refractivity contribution >= 4 is 35.6 Å². The summed E-state index contributed by atoms with van der Waals surface area (Å²) >= 11 is 0. The number of carbonyl (C=O) groups is 2. The van der Waals surface area contributed by atoms with Gasteiger partial charge >= 0.3 is 0 Å². The summed E-state index contributed by atoms with van der Waals surface area (Å²) in [5.74, 6) is 0.489. The van der Waals surface area contributed by atoms with Gasteiger partial charge in [-0.2, -0.15) is 5.10 Å². The molecule has 1 aromatic carbocycles. The highest BCUT2D eigenvalue weighted by molar-refractivity contribution is 5.93. The molecule has 8 nitrogen and oxygen atoms in total. The first-order valence-electron chi connectivity index (χ1n) is 8.12. The summed E-state index contributed by atoms with van der Waals surface area (Å²) in [6, 6.07) is 7.08. The summed E-state index contributed by atoms with van der Waals surface area (Å²) in [6.45, 7) is 1.63. The molecule has 1 aliphatic rings. The van der Waals surface area contributed by atoms with Crippen molar-refractivity contribution in [3.8, 4) is 5.75 Å². The van der Waals surface area contributed by atoms with Crippen molar-refractivity contribution in [2.75, 3.05) is 30.8 Å². The SMILES string of the molecule is COc1ccc(NC(=O)Cn2cc(NC(=O)C3CCNC3)cn2)cc1.Cl. The van der Waals surface area contributed by atoms with Crippen LogP contribution >= 0.6 is 12.4 Å². The van der Waals surface area contributed by atoms with Crippen molar-refractivity contribution < 1.29 is 14.3 Å². The molecule has 1 aliphatic heterocycles. The lowest BCUT2D eigenvalue weighted by atomic mass is 10.1. The van der Waals surface area contributed by atoms with Crippen LogP contribution < -0.4 is 20.7 Å². The van der Waals surface area contributed by atoms with Crippen molar-refractivity contribution in [2.45, 2.75) is 13.0 Å². The van der Waals surface area contributed by atoms with Gasteiger partial charge in [0.05, 0.1) is 24.9 Å². The van der Waals surface area contributed by atoms with Crippen molar-refractivity contribution in [2.24, 2.45) is 5.92 Å². The van der Waals surface area contributed by atoms with Gasteiger partial charge in [0, 0.05) is 18.4 Å². The number of nitrogens with one attached hydrogen (secondary N) is 3. The van der Waals surface area contributed by atoms with E-state index < -0.39 is 0 Å². The third kappa shape index (κ3) is 5.21. The highest BCUT2D eigenvalue weighted by Gasteiger charge is 2.22. The molecule has 0 spiro atoms. The first kappa shape index (κ1) is 19.7. The van der Waals surface area contributed by atoms with Gasteiger partial charge in [0.2, 0.25) is 11.8 Å². The number of ether oxygens (including phenoxy) is 1. The van der Waals surface area contributed by atoms with Crippen LogP contribution in [0.3, 0.4) is 0 Å². The fourth-order valence-electron chi connectivity index (χ4n) is 2.66. The Labute approximate surface area is 157 Å². The van der Waals surface area contributed by atoms with Crippen LogP contribution in [-0.2, 0) is 16.1 Å². The topological polar surface area (TPSA) is 97.3 Å². The van der Waals surface area contributed by atoms with E-state index >= 15 is 0 Å². The number of rotatable bonds is 6. The Morgan fingerprint density at radius 1 is 1.27 bits per heavy atom. The largest absolute Gasteiger partial charge is 0.497 e. The molecule has 1 unspecified atom stereocenters. The summed E-state index contributed by atoms with van der Waals surface area (Å²) < 4.78 is 6.56. The highest BCUT2D eigenvalue weighted by Crippen LogP contribution is 2.15. The Morgan fingerprint density at radius 3 is 2.69 bits per heavy atom. The summed E-state index contributed by atoms with van der Waals surface area (Å²) in [5.41, 5.74) is 1.27. The molecule has 140 valence electrons. The van der Waals surface area contributed by atoms with E-state index in [1.165, 1.54) is 4.68 Å². The average molecular weight is 380 g/mol. The van der Waals surface area contributed by atoms with Gasteiger partial charge in [-0.15, -0.1) is 12.4 Å². The average Bonchev–Trinajstić information content (AvgIpc) is 3.27. The number of halogens is 1. The maximum atomic E-state index is 12.1. The predicted octanol–water partition coefficient (Wildman–Crippen LogP) is 1.50. The van der Waals surface area contributed by atoms with Crippen molar-refractivity contribution in [1.29, 1.82) is 0 Å². The van der Waals surface area contributed by atoms with E-state index in [1.54, 1.807) is 43.8 Å². The Kier molecular flexibility index (Phi) is 6.99. The standard InChI is InChI=1S/C17H21N5O3.ClH/c1-25-15-4-2-13(3-5-15)20-16(23)11-22-10-14(9-19-22)21-17(24)12-6-7-18-8-12;/h2-5,9-10,12,18H,6-8,11H2,1H3,(H,20,23)(H,21,24);1H. The quantitative estimate of drug-likeness (QED) is 0.706. The van der Waals surface area contributed by atoms with E-state index in [4.69, 9.17) is 4.74 Å². The molecule has 0 bridgehead atoms. The maximum Gasteiger partial charge on any atom is 0.246 e. The molecule has 9 heteroatoms. The van der Waals surface area contributed by atoms with E-state index in [9.17, 15) is 9.59 Å². The Hall–Kier alpha value is -2.58. The second-order valence-electron chi connectivity index (χ2n) is 5.88. The Balaban J connectivity index is 0.00000243. The normalized spacial score (nSPS) is 15.8. The number of aromatic nitrogens is 2. The molecule has 2 amide bonds. The van der Waals surface area contributed by atoms with Crippen molar-refractivity contribution in [3.63, 3.8) is 0 Å². The number of hydrogen-bond donors (Lipinski definition) is 3. The van der Waals surface area contributed by atoms with Crippen LogP contribution in [-0.4, -0.2) is 41.8 Å². The van der Waals surface area contributed by atoms with E-state index in [1.807, 2.05) is 0 Å². The van der Waals surface area contributed by atoms with Gasteiger partial charge in [0.1, 0.15) is 12.3 Å². The molecular weight excluding hydrogens is 358 g/mol. The van der Waals surface area contributed by atoms with E-state index in [2.05, 4.69) is 21.0 Å². The summed E-state index contributed by atoms with van der Waals surface area (Å²) in [7, 11) is 1.59. The molecule has 0 saturated carbocycles. The van der Waals surface area contributed by atoms with Gasteiger partial charge in [-0.1, -0.05) is 0 Å². The number of hydrogen-bond acceptors (Lipinski definition) is 5. The molecule has 1 saturated heterocycles. The van der Waals surface area contributed by atoms with Gasteiger partial charge in [0.15, 0.2) is 0 Å². The van der Waals surface area contributed by atoms with Gasteiger partial charge in [-0.05, 0) is 37.2 Å². The zero-order valence-corrected chi connectivity index (χ0v) is 15.2. The molecule has 0 radical (unpaired) electrons. The number of nitrogens with zero attached hydrogens (tertiary/aromatic N) is 2. The minimum absolute atomic E-state index is 0. The van der Waals surface area contributed by atoms with Crippen LogP contribution in [0.4, 0.5) is 11.4 Å². The fourth-order valence-corrected chi connectivity index (χ4v) is 2.66. The molecule has 3 rings (SSSR count). The first-order valence-corrected chi connectivity index (χ1v) is 8.12. The van der Waals surface area contributed by atoms with Crippen molar-refractivity contribution in [3.05, 3.63) is 36.7 Å². The summed E-state index contributed by atoms with van der Waals surface area (Å²) in [6.07, 6.45) is 4.03. The van der Waals surface area contributed by atoms with Gasteiger partial charge in [-0.25, -0.2) is 0 Å². The first-order chi connectivity index (χ1) is 12.1. The molecule has 2 heterocycles. The fraction of sp³-hybridized carbons (Fsp3) is 0.353. The maximum absolute atomic E-state index is 12.1. The Morgan fingerprint density at radius 2 is 2.04 bits per heavy atom. The van der Waals surface area contributed by atoms with Crippen LogP contribution in [0.5, 0.6) is 5.75 Å². The lowest BCUT2D eigenvalue weighted by Crippen LogP contribution is -2.24. The van der Waals surface area contributed by atoms with E-state index in [0.717, 1.165) is 18.7 Å². The van der Waals surface area contributed by atoms with Gasteiger partial charge in [0.25, 0.3) is 0 Å². The summed E-state index contributed by atoms with van der Waals surface area (Å²) in [5, 5.41) is 12.9. The van der Waals surface area contributed by atoms with Crippen LogP contribution in [0, 0.1) is 5.92 Å². The highest BCUT2D eigenvalue weighted by atomic mass is 35.5. The third-order valence-electron chi connectivity index (χ3n) is 4.01. The molecule has 1 aromatic heterocycles. The zero-order valence-electron chi connectivity index (χ0n) is 14.4. The molecule has 2 aromatic rings. The molecule has 26 heavy (non-hydrogen) atoms. The monoisotopic (exact) mass is 379 g/mol. The predicted molar refractivity (Wildman–Crippen MR) is 101 cm³/mol. The van der Waals surface area contributed by atoms with Crippen molar-refractivity contribution in [1.82, 2.24) is 15.1 Å². The zero-order chi connectivity index (χ0) is 17.6. The number of anilines is 2. The van der Waals surface area contributed by atoms with Gasteiger partial charge < -0.3 is 20.7 Å². The number of carbonyl (C=O) groups excluding carboxylic acids is 2. The second-order valence-corrected chi connectivity index (χ2v) is 5.88. The molecule has 1 fully saturated rings. The molecule has 1 atom stereocenters. The van der Waals surface area contributed by atoms with Crippen LogP contribution in [0.1, 0.15) is 6.42 Å². The number of methoxy groups -OCH3 is 1.